The third-order valence-electron chi connectivity index (χ3n) is 5.21. The van der Waals surface area contributed by atoms with Gasteiger partial charge in [-0.2, -0.15) is 0 Å². The Morgan fingerprint density at radius 3 is 2.75 bits per heavy atom. The first-order valence-electron chi connectivity index (χ1n) is 8.82. The Hall–Kier alpha value is -1.72. The van der Waals surface area contributed by atoms with Gasteiger partial charge in [0.2, 0.25) is 0 Å². The lowest BCUT2D eigenvalue weighted by molar-refractivity contribution is 0.0933. The van der Waals surface area contributed by atoms with Gasteiger partial charge >= 0.3 is 0 Å². The standard InChI is InChI=1S/C19H23N3OS/c23-19(22-16-5-6-17-18(11-16)24-12-21-17)15-3-1-13(2-4-15)14-7-9-20-10-8-14/h1-4,12,14,16,20H,5-11H2,(H,22,23)/t16-/m0/s1. The summed E-state index contributed by atoms with van der Waals surface area (Å²) in [6.45, 7) is 2.18. The highest BCUT2D eigenvalue weighted by molar-refractivity contribution is 7.09. The predicted molar refractivity (Wildman–Crippen MR) is 96.7 cm³/mol. The smallest absolute Gasteiger partial charge is 0.251 e. The second-order valence-electron chi connectivity index (χ2n) is 6.78. The van der Waals surface area contributed by atoms with Gasteiger partial charge in [-0.05, 0) is 62.4 Å². The number of amides is 1. The van der Waals surface area contributed by atoms with E-state index in [4.69, 9.17) is 0 Å². The van der Waals surface area contributed by atoms with Crippen LogP contribution in [-0.4, -0.2) is 30.0 Å². The van der Waals surface area contributed by atoms with Crippen LogP contribution >= 0.6 is 11.3 Å². The van der Waals surface area contributed by atoms with E-state index in [1.54, 1.807) is 11.3 Å². The summed E-state index contributed by atoms with van der Waals surface area (Å²) in [6.07, 6.45) is 5.24. The number of benzene rings is 1. The average molecular weight is 341 g/mol. The summed E-state index contributed by atoms with van der Waals surface area (Å²) in [4.78, 5) is 18.2. The highest BCUT2D eigenvalue weighted by atomic mass is 32.1. The molecule has 126 valence electrons. The van der Waals surface area contributed by atoms with Crippen molar-refractivity contribution in [1.29, 1.82) is 0 Å². The zero-order chi connectivity index (χ0) is 16.4. The summed E-state index contributed by atoms with van der Waals surface area (Å²) < 4.78 is 0. The number of aryl methyl sites for hydroxylation is 1. The lowest BCUT2D eigenvalue weighted by Crippen LogP contribution is -2.38. The Morgan fingerprint density at radius 2 is 1.96 bits per heavy atom. The van der Waals surface area contributed by atoms with Crippen molar-refractivity contribution in [3.05, 3.63) is 51.5 Å². The van der Waals surface area contributed by atoms with E-state index in [1.165, 1.54) is 29.0 Å². The molecule has 2 heterocycles. The highest BCUT2D eigenvalue weighted by Gasteiger charge is 2.22. The van der Waals surface area contributed by atoms with Crippen LogP contribution in [0, 0.1) is 0 Å². The summed E-state index contributed by atoms with van der Waals surface area (Å²) in [5, 5.41) is 6.59. The van der Waals surface area contributed by atoms with Gasteiger partial charge in [-0.15, -0.1) is 11.3 Å². The number of nitrogens with one attached hydrogen (secondary N) is 2. The number of hydrogen-bond acceptors (Lipinski definition) is 4. The van der Waals surface area contributed by atoms with E-state index in [0.29, 0.717) is 5.92 Å². The first-order valence-corrected chi connectivity index (χ1v) is 9.70. The molecule has 2 aromatic rings. The maximum Gasteiger partial charge on any atom is 0.251 e. The van der Waals surface area contributed by atoms with Gasteiger partial charge in [-0.25, -0.2) is 4.98 Å². The van der Waals surface area contributed by atoms with Crippen molar-refractivity contribution in [3.8, 4) is 0 Å². The topological polar surface area (TPSA) is 54.0 Å². The minimum absolute atomic E-state index is 0.0461. The number of carbonyl (C=O) groups is 1. The number of rotatable bonds is 3. The molecule has 1 aromatic carbocycles. The largest absolute Gasteiger partial charge is 0.349 e. The molecule has 0 saturated carbocycles. The summed E-state index contributed by atoms with van der Waals surface area (Å²) >= 11 is 1.70. The van der Waals surface area contributed by atoms with Crippen LogP contribution in [0.15, 0.2) is 29.8 Å². The summed E-state index contributed by atoms with van der Waals surface area (Å²) in [5.74, 6) is 0.677. The molecule has 0 radical (unpaired) electrons. The zero-order valence-electron chi connectivity index (χ0n) is 13.8. The van der Waals surface area contributed by atoms with Crippen molar-refractivity contribution < 1.29 is 4.79 Å². The zero-order valence-corrected chi connectivity index (χ0v) is 14.6. The molecule has 24 heavy (non-hydrogen) atoms. The predicted octanol–water partition coefficient (Wildman–Crippen LogP) is 2.90. The van der Waals surface area contributed by atoms with Gasteiger partial charge in [0.15, 0.2) is 0 Å². The molecule has 0 bridgehead atoms. The van der Waals surface area contributed by atoms with Gasteiger partial charge in [-0.3, -0.25) is 4.79 Å². The fourth-order valence-corrected chi connectivity index (χ4v) is 4.65. The monoisotopic (exact) mass is 341 g/mol. The maximum atomic E-state index is 12.5. The van der Waals surface area contributed by atoms with E-state index < -0.39 is 0 Å². The molecule has 2 aliphatic rings. The number of hydrogen-bond donors (Lipinski definition) is 2. The molecule has 0 unspecified atom stereocenters. The van der Waals surface area contributed by atoms with E-state index in [2.05, 4.69) is 27.8 Å². The van der Waals surface area contributed by atoms with Crippen molar-refractivity contribution in [2.75, 3.05) is 13.1 Å². The van der Waals surface area contributed by atoms with Crippen LogP contribution in [0.5, 0.6) is 0 Å². The second-order valence-corrected chi connectivity index (χ2v) is 7.72. The van der Waals surface area contributed by atoms with Crippen molar-refractivity contribution in [2.45, 2.75) is 44.1 Å². The first-order chi connectivity index (χ1) is 11.8. The normalized spacial score (nSPS) is 21.2. The average Bonchev–Trinajstić information content (AvgIpc) is 3.10. The van der Waals surface area contributed by atoms with Crippen molar-refractivity contribution >= 4 is 17.2 Å². The van der Waals surface area contributed by atoms with Gasteiger partial charge < -0.3 is 10.6 Å². The Bertz CT molecular complexity index is 704. The van der Waals surface area contributed by atoms with Crippen molar-refractivity contribution in [1.82, 2.24) is 15.6 Å². The van der Waals surface area contributed by atoms with Gasteiger partial charge in [0.25, 0.3) is 5.91 Å². The summed E-state index contributed by atoms with van der Waals surface area (Å²) in [7, 11) is 0. The molecular formula is C19H23N3OS. The Balaban J connectivity index is 1.38. The quantitative estimate of drug-likeness (QED) is 0.902. The van der Waals surface area contributed by atoms with E-state index in [9.17, 15) is 4.79 Å². The number of nitrogens with zero attached hydrogens (tertiary/aromatic N) is 1. The van der Waals surface area contributed by atoms with Crippen molar-refractivity contribution in [2.24, 2.45) is 0 Å². The molecule has 1 aliphatic heterocycles. The molecule has 4 nitrogen and oxygen atoms in total. The van der Waals surface area contributed by atoms with E-state index in [1.807, 2.05) is 17.6 Å². The molecule has 5 heteroatoms. The number of aromatic nitrogens is 1. The van der Waals surface area contributed by atoms with Gasteiger partial charge in [-0.1, -0.05) is 12.1 Å². The molecule has 1 fully saturated rings. The Morgan fingerprint density at radius 1 is 1.17 bits per heavy atom. The molecule has 1 atom stereocenters. The third kappa shape index (κ3) is 3.37. The minimum atomic E-state index is 0.0461. The molecular weight excluding hydrogens is 318 g/mol. The number of carbonyl (C=O) groups excluding carboxylic acids is 1. The number of fused-ring (bicyclic) bond motifs is 1. The minimum Gasteiger partial charge on any atom is -0.349 e. The van der Waals surface area contributed by atoms with E-state index in [0.717, 1.165) is 37.9 Å². The molecule has 2 N–H and O–H groups in total. The van der Waals surface area contributed by atoms with Crippen molar-refractivity contribution in [3.63, 3.8) is 0 Å². The summed E-state index contributed by atoms with van der Waals surface area (Å²) in [6, 6.07) is 8.45. The van der Waals surface area contributed by atoms with Crippen LogP contribution in [0.2, 0.25) is 0 Å². The second kappa shape index (κ2) is 7.03. The van der Waals surface area contributed by atoms with Crippen LogP contribution in [0.25, 0.3) is 0 Å². The third-order valence-corrected chi connectivity index (χ3v) is 6.10. The molecule has 0 spiro atoms. The van der Waals surface area contributed by atoms with Crippen LogP contribution < -0.4 is 10.6 Å². The van der Waals surface area contributed by atoms with Crippen LogP contribution in [0.3, 0.4) is 0 Å². The lowest BCUT2D eigenvalue weighted by Gasteiger charge is -2.24. The van der Waals surface area contributed by atoms with Gasteiger partial charge in [0, 0.05) is 22.9 Å². The maximum absolute atomic E-state index is 12.5. The highest BCUT2D eigenvalue weighted by Crippen LogP contribution is 2.26. The van der Waals surface area contributed by atoms with Gasteiger partial charge in [0.05, 0.1) is 11.2 Å². The fourth-order valence-electron chi connectivity index (χ4n) is 3.75. The van der Waals surface area contributed by atoms with Crippen LogP contribution in [0.4, 0.5) is 0 Å². The number of piperidine rings is 1. The first kappa shape index (κ1) is 15.8. The lowest BCUT2D eigenvalue weighted by atomic mass is 9.90. The molecule has 4 rings (SSSR count). The Kier molecular flexibility index (Phi) is 4.63. The number of thiazole rings is 1. The molecule has 1 amide bonds. The SMILES string of the molecule is O=C(N[C@H]1CCc2ncsc2C1)c1ccc(C2CCNCC2)cc1. The molecule has 1 saturated heterocycles. The van der Waals surface area contributed by atoms with E-state index >= 15 is 0 Å². The molecule has 1 aromatic heterocycles. The fraction of sp³-hybridized carbons (Fsp3) is 0.474. The molecule has 1 aliphatic carbocycles. The van der Waals surface area contributed by atoms with Gasteiger partial charge in [0.1, 0.15) is 0 Å². The summed E-state index contributed by atoms with van der Waals surface area (Å²) in [5.41, 5.74) is 5.26. The van der Waals surface area contributed by atoms with Crippen LogP contribution in [0.1, 0.15) is 51.7 Å². The van der Waals surface area contributed by atoms with E-state index in [-0.39, 0.29) is 11.9 Å². The van der Waals surface area contributed by atoms with Crippen LogP contribution in [-0.2, 0) is 12.8 Å². The Labute approximate surface area is 146 Å².